The maximum Gasteiger partial charge on any atom is 0.238 e. The minimum atomic E-state index is 0.497. The Labute approximate surface area is 298 Å². The van der Waals surface area contributed by atoms with Gasteiger partial charge in [0.15, 0.2) is 11.6 Å². The summed E-state index contributed by atoms with van der Waals surface area (Å²) in [6.07, 6.45) is 0. The molecule has 0 unspecified atom stereocenters. The number of hydrogen-bond acceptors (Lipinski definition) is 5. The summed E-state index contributed by atoms with van der Waals surface area (Å²) in [5, 5.41) is 14.1. The lowest BCUT2D eigenvalue weighted by atomic mass is 9.97. The Morgan fingerprint density at radius 2 is 0.981 bits per heavy atom. The van der Waals surface area contributed by atoms with Gasteiger partial charge in [-0.05, 0) is 70.8 Å². The topological polar surface area (TPSA) is 80.5 Å². The average molecular weight is 666 g/mol. The van der Waals surface area contributed by atoms with Crippen molar-refractivity contribution >= 4 is 43.7 Å². The first kappa shape index (κ1) is 29.5. The van der Waals surface area contributed by atoms with Crippen LogP contribution >= 0.6 is 0 Å². The van der Waals surface area contributed by atoms with Crippen molar-refractivity contribution in [3.05, 3.63) is 169 Å². The van der Waals surface area contributed by atoms with Gasteiger partial charge < -0.3 is 4.42 Å². The highest BCUT2D eigenvalue weighted by Gasteiger charge is 2.18. The fraction of sp³-hybridized carbons (Fsp3) is 0. The first-order chi connectivity index (χ1) is 25.7. The number of nitriles is 1. The molecule has 10 aromatic rings. The molecule has 10 rings (SSSR count). The molecule has 0 fully saturated rings. The molecule has 0 atom stereocenters. The first-order valence-corrected chi connectivity index (χ1v) is 17.1. The van der Waals surface area contributed by atoms with E-state index in [9.17, 15) is 5.26 Å². The summed E-state index contributed by atoms with van der Waals surface area (Å²) >= 11 is 0. The second-order valence-corrected chi connectivity index (χ2v) is 12.8. The van der Waals surface area contributed by atoms with Crippen LogP contribution in [0.1, 0.15) is 5.56 Å². The van der Waals surface area contributed by atoms with E-state index in [1.54, 1.807) is 6.07 Å². The molecule has 0 aliphatic heterocycles. The van der Waals surface area contributed by atoms with Crippen molar-refractivity contribution < 1.29 is 4.42 Å². The van der Waals surface area contributed by atoms with E-state index in [1.165, 1.54) is 0 Å². The van der Waals surface area contributed by atoms with Crippen LogP contribution in [-0.4, -0.2) is 19.5 Å². The summed E-state index contributed by atoms with van der Waals surface area (Å²) in [5.74, 6) is 1.55. The molecule has 6 heteroatoms. The van der Waals surface area contributed by atoms with Crippen LogP contribution in [-0.2, 0) is 0 Å². The molecule has 0 radical (unpaired) electrons. The Hall–Kier alpha value is -7.36. The van der Waals surface area contributed by atoms with Gasteiger partial charge in [0.05, 0.1) is 22.7 Å². The highest BCUT2D eigenvalue weighted by Crippen LogP contribution is 2.35. The van der Waals surface area contributed by atoms with Gasteiger partial charge in [0.2, 0.25) is 5.95 Å². The number of rotatable bonds is 5. The number of hydrogen-bond donors (Lipinski definition) is 0. The molecular weight excluding hydrogens is 639 g/mol. The van der Waals surface area contributed by atoms with Gasteiger partial charge in [-0.1, -0.05) is 115 Å². The number of para-hydroxylation sites is 3. The minimum Gasteiger partial charge on any atom is -0.456 e. The van der Waals surface area contributed by atoms with Gasteiger partial charge in [-0.3, -0.25) is 4.57 Å². The summed E-state index contributed by atoms with van der Waals surface area (Å²) in [6.45, 7) is 0. The molecule has 0 amide bonds. The summed E-state index contributed by atoms with van der Waals surface area (Å²) in [5.41, 5.74) is 10.3. The second-order valence-electron chi connectivity index (χ2n) is 12.8. The molecule has 7 aromatic carbocycles. The van der Waals surface area contributed by atoms with Gasteiger partial charge in [-0.2, -0.15) is 15.2 Å². The number of aromatic nitrogens is 4. The van der Waals surface area contributed by atoms with Crippen molar-refractivity contribution in [3.8, 4) is 57.0 Å². The van der Waals surface area contributed by atoms with Gasteiger partial charge >= 0.3 is 0 Å². The smallest absolute Gasteiger partial charge is 0.238 e. The zero-order chi connectivity index (χ0) is 34.6. The largest absolute Gasteiger partial charge is 0.456 e. The monoisotopic (exact) mass is 665 g/mol. The third-order valence-electron chi connectivity index (χ3n) is 9.70. The Morgan fingerprint density at radius 1 is 0.423 bits per heavy atom. The van der Waals surface area contributed by atoms with Gasteiger partial charge in [0, 0.05) is 32.7 Å². The Kier molecular flexibility index (Phi) is 6.76. The molecule has 3 aromatic heterocycles. The molecule has 0 spiro atoms. The maximum absolute atomic E-state index is 9.64. The van der Waals surface area contributed by atoms with E-state index < -0.39 is 0 Å². The van der Waals surface area contributed by atoms with Crippen LogP contribution in [0.4, 0.5) is 0 Å². The van der Waals surface area contributed by atoms with Crippen molar-refractivity contribution in [2.75, 3.05) is 0 Å². The molecule has 52 heavy (non-hydrogen) atoms. The Morgan fingerprint density at radius 3 is 1.73 bits per heavy atom. The van der Waals surface area contributed by atoms with Crippen LogP contribution in [0.15, 0.2) is 168 Å². The molecule has 3 heterocycles. The summed E-state index contributed by atoms with van der Waals surface area (Å²) in [7, 11) is 0. The lowest BCUT2D eigenvalue weighted by molar-refractivity contribution is 0.669. The van der Waals surface area contributed by atoms with Gasteiger partial charge in [-0.25, -0.2) is 4.98 Å². The normalized spacial score (nSPS) is 11.4. The van der Waals surface area contributed by atoms with E-state index in [0.29, 0.717) is 23.2 Å². The van der Waals surface area contributed by atoms with Crippen LogP contribution in [0, 0.1) is 11.3 Å². The molecule has 0 aliphatic rings. The zero-order valence-corrected chi connectivity index (χ0v) is 27.7. The fourth-order valence-electron chi connectivity index (χ4n) is 7.18. The highest BCUT2D eigenvalue weighted by molar-refractivity contribution is 6.09. The van der Waals surface area contributed by atoms with E-state index in [2.05, 4.69) is 108 Å². The molecule has 242 valence electrons. The molecule has 0 saturated carbocycles. The SMILES string of the molecule is N#Cc1cccc(-c2nc(-c3ccc(-c4cccc(-c5ccc6c(c5)oc5ccccc56)c4)cc3)nc(-n3c4ccccc4c4ccccc43)n2)c1. The number of benzene rings is 7. The van der Waals surface area contributed by atoms with E-state index in [4.69, 9.17) is 19.4 Å². The number of nitrogens with zero attached hydrogens (tertiary/aromatic N) is 5. The summed E-state index contributed by atoms with van der Waals surface area (Å²) in [6, 6.07) is 57.7. The van der Waals surface area contributed by atoms with E-state index in [-0.39, 0.29) is 0 Å². The van der Waals surface area contributed by atoms with Gasteiger partial charge in [0.1, 0.15) is 11.2 Å². The van der Waals surface area contributed by atoms with Crippen LogP contribution in [0.3, 0.4) is 0 Å². The van der Waals surface area contributed by atoms with Crippen LogP contribution < -0.4 is 0 Å². The van der Waals surface area contributed by atoms with Crippen molar-refractivity contribution in [2.45, 2.75) is 0 Å². The van der Waals surface area contributed by atoms with Crippen LogP contribution in [0.25, 0.3) is 94.7 Å². The predicted molar refractivity (Wildman–Crippen MR) is 208 cm³/mol. The van der Waals surface area contributed by atoms with Crippen molar-refractivity contribution in [2.24, 2.45) is 0 Å². The summed E-state index contributed by atoms with van der Waals surface area (Å²) in [4.78, 5) is 15.0. The van der Waals surface area contributed by atoms with E-state index >= 15 is 0 Å². The van der Waals surface area contributed by atoms with Gasteiger partial charge in [0.25, 0.3) is 0 Å². The average Bonchev–Trinajstić information content (AvgIpc) is 3.76. The minimum absolute atomic E-state index is 0.497. The van der Waals surface area contributed by atoms with Crippen molar-refractivity contribution in [1.29, 1.82) is 5.26 Å². The highest BCUT2D eigenvalue weighted by atomic mass is 16.3. The van der Waals surface area contributed by atoms with E-state index in [0.717, 1.165) is 77.1 Å². The molecule has 0 aliphatic carbocycles. The quantitative estimate of drug-likeness (QED) is 0.183. The third-order valence-corrected chi connectivity index (χ3v) is 9.70. The Bertz CT molecular complexity index is 2990. The summed E-state index contributed by atoms with van der Waals surface area (Å²) < 4.78 is 8.27. The molecule has 0 N–H and O–H groups in total. The number of furan rings is 1. The standard InChI is InChI=1S/C46H27N5O/c47-28-29-9-7-12-35(25-29)45-48-44(49-46(50-45)51-40-16-4-1-13-36(40)37-14-2-5-17-41(37)51)31-21-19-30(20-22-31)32-10-8-11-33(26-32)34-23-24-39-38-15-3-6-18-42(38)52-43(39)27-34/h1-27H. The van der Waals surface area contributed by atoms with Crippen LogP contribution in [0.2, 0.25) is 0 Å². The lowest BCUT2D eigenvalue weighted by Crippen LogP contribution is -2.06. The van der Waals surface area contributed by atoms with E-state index in [1.807, 2.05) is 60.7 Å². The number of fused-ring (bicyclic) bond motifs is 6. The predicted octanol–water partition coefficient (Wildman–Crippen LogP) is 11.4. The van der Waals surface area contributed by atoms with Gasteiger partial charge in [-0.15, -0.1) is 0 Å². The fourth-order valence-corrected chi connectivity index (χ4v) is 7.18. The molecule has 6 nitrogen and oxygen atoms in total. The molecule has 0 saturated heterocycles. The zero-order valence-electron chi connectivity index (χ0n) is 27.7. The Balaban J connectivity index is 1.06. The van der Waals surface area contributed by atoms with Crippen molar-refractivity contribution in [3.63, 3.8) is 0 Å². The first-order valence-electron chi connectivity index (χ1n) is 17.1. The second kappa shape index (κ2) is 11.9. The maximum atomic E-state index is 9.64. The van der Waals surface area contributed by atoms with Crippen molar-refractivity contribution in [1.82, 2.24) is 19.5 Å². The molecular formula is C46H27N5O. The third kappa shape index (κ3) is 4.92. The lowest BCUT2D eigenvalue weighted by Gasteiger charge is -2.11. The van der Waals surface area contributed by atoms with Crippen LogP contribution in [0.5, 0.6) is 0 Å². The molecule has 0 bridgehead atoms.